The van der Waals surface area contributed by atoms with Crippen LogP contribution in [0.2, 0.25) is 0 Å². The number of carbonyl (C=O) groups is 2. The lowest BCUT2D eigenvalue weighted by Crippen LogP contribution is -2.39. The SMILES string of the molecule is CCCCCC(=O)NC1NC(c2ccc(S(=O)(=O)N(CC)CCCCCCCCC(=O)Nc3nc(-c4ccc(S(=O)(=O)N(CC)CC)cc4)cs3)cc2)=CS1. The lowest BCUT2D eigenvalue weighted by atomic mass is 10.1. The Morgan fingerprint density at radius 1 is 0.709 bits per heavy atom. The molecule has 2 aromatic carbocycles. The Morgan fingerprint density at radius 3 is 1.87 bits per heavy atom. The summed E-state index contributed by atoms with van der Waals surface area (Å²) >= 11 is 2.81. The minimum absolute atomic E-state index is 0.0210. The van der Waals surface area contributed by atoms with E-state index in [1.807, 2.05) is 31.6 Å². The van der Waals surface area contributed by atoms with Crippen LogP contribution in [0, 0.1) is 0 Å². The molecule has 4 rings (SSSR count). The summed E-state index contributed by atoms with van der Waals surface area (Å²) in [7, 11) is -7.17. The molecule has 1 unspecified atom stereocenters. The highest BCUT2D eigenvalue weighted by molar-refractivity contribution is 8.03. The first kappa shape index (κ1) is 44.4. The molecule has 1 aliphatic rings. The summed E-state index contributed by atoms with van der Waals surface area (Å²) in [5.41, 5.74) is 2.91. The number of nitrogens with one attached hydrogen (secondary N) is 3. The van der Waals surface area contributed by atoms with Crippen molar-refractivity contribution in [3.8, 4) is 11.3 Å². The molecule has 0 saturated heterocycles. The van der Waals surface area contributed by atoms with E-state index >= 15 is 0 Å². The number of rotatable bonds is 24. The average molecular weight is 833 g/mol. The molecule has 16 heteroatoms. The van der Waals surface area contributed by atoms with E-state index in [1.54, 1.807) is 48.5 Å². The second-order valence-electron chi connectivity index (χ2n) is 13.3. The molecule has 0 radical (unpaired) electrons. The number of benzene rings is 2. The van der Waals surface area contributed by atoms with Gasteiger partial charge in [0.1, 0.15) is 0 Å². The topological polar surface area (TPSA) is 158 Å². The van der Waals surface area contributed by atoms with Crippen molar-refractivity contribution in [3.05, 3.63) is 64.9 Å². The van der Waals surface area contributed by atoms with Gasteiger partial charge in [-0.15, -0.1) is 11.3 Å². The monoisotopic (exact) mass is 832 g/mol. The van der Waals surface area contributed by atoms with Crippen molar-refractivity contribution in [3.63, 3.8) is 0 Å². The largest absolute Gasteiger partial charge is 0.356 e. The standard InChI is InChI=1S/C39H56N6O6S4/c1-5-9-14-17-36(46)42-38-40-35(29-52-38)31-21-25-33(26-22-31)55(50,51)45(8-4)27-16-13-11-10-12-15-18-37(47)43-39-41-34(28-53-39)30-19-23-32(24-20-30)54(48,49)44(6-2)7-3/h19-26,28-29,38,40H,5-18,27H2,1-4H3,(H,42,46)(H,41,43,47). The van der Waals surface area contributed by atoms with E-state index in [2.05, 4.69) is 27.9 Å². The van der Waals surface area contributed by atoms with Gasteiger partial charge >= 0.3 is 0 Å². The second kappa shape index (κ2) is 21.9. The van der Waals surface area contributed by atoms with Crippen LogP contribution in [0.5, 0.6) is 0 Å². The Morgan fingerprint density at radius 2 is 1.25 bits per heavy atom. The molecule has 1 atom stereocenters. The molecule has 302 valence electrons. The molecule has 1 aromatic heterocycles. The third-order valence-corrected chi connectivity index (χ3v) is 15.1. The molecule has 1 aliphatic heterocycles. The molecule has 55 heavy (non-hydrogen) atoms. The summed E-state index contributed by atoms with van der Waals surface area (Å²) in [5, 5.41) is 13.4. The lowest BCUT2D eigenvalue weighted by molar-refractivity contribution is -0.121. The van der Waals surface area contributed by atoms with E-state index in [1.165, 1.54) is 31.7 Å². The highest BCUT2D eigenvalue weighted by atomic mass is 32.2. The van der Waals surface area contributed by atoms with Crippen LogP contribution in [0.15, 0.2) is 69.1 Å². The Kier molecular flexibility index (Phi) is 17.7. The van der Waals surface area contributed by atoms with Crippen molar-refractivity contribution < 1.29 is 26.4 Å². The number of sulfonamides is 2. The Hall–Kier alpha value is -3.28. The van der Waals surface area contributed by atoms with Gasteiger partial charge in [-0.05, 0) is 54.5 Å². The Balaban J connectivity index is 1.12. The Labute approximate surface area is 336 Å². The molecule has 0 saturated carbocycles. The molecular weight excluding hydrogens is 777 g/mol. The van der Waals surface area contributed by atoms with Crippen LogP contribution in [-0.4, -0.2) is 73.9 Å². The fourth-order valence-electron chi connectivity index (χ4n) is 6.16. The quantitative estimate of drug-likeness (QED) is 0.0766. The zero-order valence-electron chi connectivity index (χ0n) is 32.4. The summed E-state index contributed by atoms with van der Waals surface area (Å²) in [4.78, 5) is 29.8. The number of hydrogen-bond acceptors (Lipinski definition) is 10. The number of hydrogen-bond donors (Lipinski definition) is 3. The molecule has 0 bridgehead atoms. The van der Waals surface area contributed by atoms with Gasteiger partial charge in [-0.3, -0.25) is 9.59 Å². The zero-order chi connectivity index (χ0) is 39.8. The van der Waals surface area contributed by atoms with Crippen molar-refractivity contribution in [2.75, 3.05) is 31.5 Å². The number of amides is 2. The van der Waals surface area contributed by atoms with E-state index < -0.39 is 20.0 Å². The highest BCUT2D eigenvalue weighted by Crippen LogP contribution is 2.29. The van der Waals surface area contributed by atoms with Crippen molar-refractivity contribution in [2.24, 2.45) is 0 Å². The summed E-state index contributed by atoms with van der Waals surface area (Å²) < 4.78 is 55.3. The first-order valence-corrected chi connectivity index (χ1v) is 24.0. The fourth-order valence-corrected chi connectivity index (χ4v) is 10.7. The molecule has 3 aromatic rings. The molecular formula is C39H56N6O6S4. The normalized spacial score (nSPS) is 14.6. The van der Waals surface area contributed by atoms with Gasteiger partial charge in [0.2, 0.25) is 31.9 Å². The molecule has 0 aliphatic carbocycles. The third kappa shape index (κ3) is 12.9. The molecule has 2 amide bonds. The van der Waals surface area contributed by atoms with E-state index in [0.717, 1.165) is 74.6 Å². The van der Waals surface area contributed by atoms with Crippen LogP contribution in [0.1, 0.15) is 104 Å². The number of aromatic nitrogens is 1. The average Bonchev–Trinajstić information content (AvgIpc) is 3.84. The van der Waals surface area contributed by atoms with Gasteiger partial charge < -0.3 is 16.0 Å². The third-order valence-electron chi connectivity index (χ3n) is 9.37. The van der Waals surface area contributed by atoms with Gasteiger partial charge in [0.15, 0.2) is 10.6 Å². The van der Waals surface area contributed by atoms with Gasteiger partial charge in [-0.2, -0.15) is 8.61 Å². The second-order valence-corrected chi connectivity index (χ2v) is 19.0. The number of thiazole rings is 1. The number of unbranched alkanes of at least 4 members (excludes halogenated alkanes) is 7. The van der Waals surface area contributed by atoms with E-state index in [4.69, 9.17) is 0 Å². The van der Waals surface area contributed by atoms with E-state index in [9.17, 15) is 26.4 Å². The van der Waals surface area contributed by atoms with Crippen molar-refractivity contribution in [2.45, 2.75) is 114 Å². The van der Waals surface area contributed by atoms with Gasteiger partial charge in [0, 0.05) is 50.0 Å². The van der Waals surface area contributed by atoms with Gasteiger partial charge in [-0.1, -0.05) is 102 Å². The summed E-state index contributed by atoms with van der Waals surface area (Å²) in [5.74, 6) is -0.0768. The maximum atomic E-state index is 13.4. The molecule has 3 N–H and O–H groups in total. The van der Waals surface area contributed by atoms with E-state index in [0.29, 0.717) is 49.8 Å². The minimum atomic E-state index is -3.63. The molecule has 2 heterocycles. The predicted octanol–water partition coefficient (Wildman–Crippen LogP) is 7.84. The number of carbonyl (C=O) groups excluding carboxylic acids is 2. The minimum Gasteiger partial charge on any atom is -0.356 e. The van der Waals surface area contributed by atoms with Crippen molar-refractivity contribution in [1.82, 2.24) is 24.2 Å². The van der Waals surface area contributed by atoms with Crippen molar-refractivity contribution >= 4 is 65.8 Å². The Bertz CT molecular complexity index is 1930. The smallest absolute Gasteiger partial charge is 0.243 e. The summed E-state index contributed by atoms with van der Waals surface area (Å²) in [6.45, 7) is 9.22. The highest BCUT2D eigenvalue weighted by Gasteiger charge is 2.25. The van der Waals surface area contributed by atoms with Crippen LogP contribution in [0.3, 0.4) is 0 Å². The first-order valence-electron chi connectivity index (χ1n) is 19.3. The van der Waals surface area contributed by atoms with Gasteiger partial charge in [0.05, 0.1) is 21.2 Å². The maximum absolute atomic E-state index is 13.4. The van der Waals surface area contributed by atoms with Crippen LogP contribution in [-0.2, 0) is 29.6 Å². The van der Waals surface area contributed by atoms with Crippen LogP contribution in [0.25, 0.3) is 17.0 Å². The molecule has 0 spiro atoms. The van der Waals surface area contributed by atoms with Crippen molar-refractivity contribution in [1.29, 1.82) is 0 Å². The zero-order valence-corrected chi connectivity index (χ0v) is 35.6. The first-order chi connectivity index (χ1) is 26.4. The number of thioether (sulfide) groups is 1. The molecule has 0 fully saturated rings. The van der Waals surface area contributed by atoms with Gasteiger partial charge in [-0.25, -0.2) is 21.8 Å². The van der Waals surface area contributed by atoms with Crippen LogP contribution in [0.4, 0.5) is 5.13 Å². The summed E-state index contributed by atoms with van der Waals surface area (Å²) in [6, 6.07) is 13.5. The summed E-state index contributed by atoms with van der Waals surface area (Å²) in [6.07, 6.45) is 9.09. The number of anilines is 1. The lowest BCUT2D eigenvalue weighted by Gasteiger charge is -2.21. The fraction of sp³-hybridized carbons (Fsp3) is 0.513. The number of nitrogens with zero attached hydrogens (tertiary/aromatic N) is 3. The van der Waals surface area contributed by atoms with E-state index in [-0.39, 0.29) is 27.1 Å². The van der Waals surface area contributed by atoms with Crippen LogP contribution >= 0.6 is 23.1 Å². The predicted molar refractivity (Wildman–Crippen MR) is 224 cm³/mol. The maximum Gasteiger partial charge on any atom is 0.243 e. The molecule has 12 nitrogen and oxygen atoms in total. The van der Waals surface area contributed by atoms with Crippen LogP contribution < -0.4 is 16.0 Å². The van der Waals surface area contributed by atoms with Gasteiger partial charge in [0.25, 0.3) is 0 Å².